The van der Waals surface area contributed by atoms with Gasteiger partial charge in [0.25, 0.3) is 5.56 Å². The van der Waals surface area contributed by atoms with Crippen LogP contribution in [-0.4, -0.2) is 71.1 Å². The van der Waals surface area contributed by atoms with Crippen LogP contribution < -0.4 is 10.3 Å². The quantitative estimate of drug-likeness (QED) is 0.336. The van der Waals surface area contributed by atoms with Gasteiger partial charge in [-0.05, 0) is 51.3 Å². The van der Waals surface area contributed by atoms with Crippen molar-refractivity contribution >= 4 is 21.4 Å². The Balaban J connectivity index is 1.46. The number of fused-ring (bicyclic) bond motifs is 1. The molecule has 3 aromatic rings. The van der Waals surface area contributed by atoms with Crippen molar-refractivity contribution in [2.24, 2.45) is 11.1 Å². The Morgan fingerprint density at radius 3 is 2.63 bits per heavy atom. The summed E-state index contributed by atoms with van der Waals surface area (Å²) in [7, 11) is -3.83. The molecule has 12 nitrogen and oxygen atoms in total. The van der Waals surface area contributed by atoms with Gasteiger partial charge in [0, 0.05) is 25.4 Å². The first kappa shape index (κ1) is 29.1. The van der Waals surface area contributed by atoms with Crippen LogP contribution in [0.25, 0.3) is 16.9 Å². The molecule has 41 heavy (non-hydrogen) atoms. The molecule has 5 rings (SSSR count). The molecular weight excluding hydrogens is 548 g/mol. The highest BCUT2D eigenvalue weighted by Crippen LogP contribution is 2.33. The minimum Gasteiger partial charge on any atom is -0.493 e. The molecule has 1 saturated heterocycles. The fourth-order valence-electron chi connectivity index (χ4n) is 5.37. The van der Waals surface area contributed by atoms with Gasteiger partial charge in [0.05, 0.1) is 22.8 Å². The number of piperidine rings is 1. The molecule has 1 N–H and O–H groups in total. The van der Waals surface area contributed by atoms with Gasteiger partial charge in [0.1, 0.15) is 18.2 Å². The van der Waals surface area contributed by atoms with Crippen molar-refractivity contribution in [1.29, 1.82) is 0 Å². The molecule has 0 aliphatic carbocycles. The minimum absolute atomic E-state index is 0.0217. The summed E-state index contributed by atoms with van der Waals surface area (Å²) in [5.74, 6) is 1.93. The molecule has 0 spiro atoms. The first-order valence-corrected chi connectivity index (χ1v) is 15.9. The van der Waals surface area contributed by atoms with Crippen molar-refractivity contribution in [2.75, 3.05) is 32.9 Å². The van der Waals surface area contributed by atoms with Crippen LogP contribution in [0.15, 0.2) is 33.0 Å². The lowest BCUT2D eigenvalue weighted by Crippen LogP contribution is -2.41. The third kappa shape index (κ3) is 6.10. The molecule has 222 valence electrons. The molecule has 0 amide bonds. The number of aromatic nitrogens is 4. The average molecular weight is 587 g/mol. The van der Waals surface area contributed by atoms with Gasteiger partial charge in [-0.3, -0.25) is 4.79 Å². The van der Waals surface area contributed by atoms with Gasteiger partial charge in [-0.1, -0.05) is 31.3 Å². The standard InChI is InChI=1S/C28H38N6O6S/c1-4-6-7-8-9-24-29-19(3)25-27(35)30-26(31-34(24)25)22-18-21(10-11-23(22)38-5-2)41(36,37)33-14-12-20(13-15-33)28-32-40-17-16-39-28/h10-11,18,20H,4-9,12-17H2,1-3H3,(H,30,31,35). The molecule has 2 aliphatic heterocycles. The summed E-state index contributed by atoms with van der Waals surface area (Å²) in [6, 6.07) is 4.69. The van der Waals surface area contributed by atoms with E-state index in [4.69, 9.17) is 19.4 Å². The molecule has 0 radical (unpaired) electrons. The molecule has 2 aromatic heterocycles. The van der Waals surface area contributed by atoms with E-state index in [9.17, 15) is 13.2 Å². The van der Waals surface area contributed by atoms with Gasteiger partial charge in [-0.15, -0.1) is 5.10 Å². The van der Waals surface area contributed by atoms with Crippen molar-refractivity contribution in [3.63, 3.8) is 0 Å². The number of rotatable bonds is 11. The number of ether oxygens (including phenoxy) is 2. The number of H-pyrrole nitrogens is 1. The summed E-state index contributed by atoms with van der Waals surface area (Å²) in [5, 5.41) is 8.74. The molecule has 1 fully saturated rings. The Bertz CT molecular complexity index is 1570. The highest BCUT2D eigenvalue weighted by molar-refractivity contribution is 7.89. The summed E-state index contributed by atoms with van der Waals surface area (Å²) in [6.07, 6.45) is 6.13. The fraction of sp³-hybridized carbons (Fsp3) is 0.571. The maximum Gasteiger partial charge on any atom is 0.277 e. The average Bonchev–Trinajstić information content (AvgIpc) is 3.31. The second-order valence-electron chi connectivity index (χ2n) is 10.4. The number of hydrogen-bond donors (Lipinski definition) is 1. The number of sulfonamides is 1. The van der Waals surface area contributed by atoms with Crippen molar-refractivity contribution in [1.82, 2.24) is 23.9 Å². The second-order valence-corrected chi connectivity index (χ2v) is 12.3. The number of aryl methyl sites for hydroxylation is 2. The van der Waals surface area contributed by atoms with Crippen molar-refractivity contribution in [3.8, 4) is 17.1 Å². The second kappa shape index (κ2) is 12.6. The van der Waals surface area contributed by atoms with Crippen LogP contribution in [0.4, 0.5) is 0 Å². The van der Waals surface area contributed by atoms with Crippen LogP contribution in [0.1, 0.15) is 63.9 Å². The van der Waals surface area contributed by atoms with Crippen LogP contribution in [-0.2, 0) is 26.0 Å². The monoisotopic (exact) mass is 586 g/mol. The van der Waals surface area contributed by atoms with Gasteiger partial charge < -0.3 is 19.3 Å². The van der Waals surface area contributed by atoms with E-state index in [0.29, 0.717) is 86.4 Å². The minimum atomic E-state index is -3.83. The SMILES string of the molecule is CCCCCCc1nc(C)c2c(=O)[nH]c(-c3cc(S(=O)(=O)N4CCC(C5=NOCCO5)CC4)ccc3OCC)nn12. The summed E-state index contributed by atoms with van der Waals surface area (Å²) < 4.78 is 41.9. The Morgan fingerprint density at radius 2 is 1.93 bits per heavy atom. The number of nitrogens with one attached hydrogen (secondary N) is 1. The van der Waals surface area contributed by atoms with Gasteiger partial charge in [0.15, 0.2) is 17.9 Å². The number of nitrogens with zero attached hydrogens (tertiary/aromatic N) is 5. The molecule has 2 aliphatic rings. The van der Waals surface area contributed by atoms with E-state index in [0.717, 1.165) is 25.7 Å². The maximum atomic E-state index is 13.7. The van der Waals surface area contributed by atoms with E-state index in [1.165, 1.54) is 16.4 Å². The van der Waals surface area contributed by atoms with Crippen molar-refractivity contribution in [2.45, 2.75) is 70.6 Å². The number of imidazole rings is 1. The zero-order valence-corrected chi connectivity index (χ0v) is 24.7. The van der Waals surface area contributed by atoms with E-state index < -0.39 is 10.0 Å². The molecule has 13 heteroatoms. The Labute approximate surface area is 239 Å². The predicted octanol–water partition coefficient (Wildman–Crippen LogP) is 3.68. The number of hydrogen-bond acceptors (Lipinski definition) is 9. The van der Waals surface area contributed by atoms with E-state index in [-0.39, 0.29) is 22.2 Å². The Morgan fingerprint density at radius 1 is 1.12 bits per heavy atom. The third-order valence-corrected chi connectivity index (χ3v) is 9.42. The zero-order valence-electron chi connectivity index (χ0n) is 23.9. The molecule has 0 unspecified atom stereocenters. The molecule has 4 heterocycles. The molecule has 0 saturated carbocycles. The third-order valence-electron chi connectivity index (χ3n) is 7.52. The van der Waals surface area contributed by atoms with Gasteiger partial charge in [0.2, 0.25) is 15.9 Å². The van der Waals surface area contributed by atoms with Crippen LogP contribution in [0.2, 0.25) is 0 Å². The molecule has 0 atom stereocenters. The maximum absolute atomic E-state index is 13.7. The van der Waals surface area contributed by atoms with Crippen molar-refractivity contribution in [3.05, 3.63) is 40.1 Å². The first-order valence-electron chi connectivity index (χ1n) is 14.4. The van der Waals surface area contributed by atoms with E-state index in [1.54, 1.807) is 17.5 Å². The number of benzene rings is 1. The van der Waals surface area contributed by atoms with Crippen LogP contribution in [0, 0.1) is 12.8 Å². The topological polar surface area (TPSA) is 140 Å². The lowest BCUT2D eigenvalue weighted by Gasteiger charge is -2.32. The normalized spacial score (nSPS) is 16.8. The summed E-state index contributed by atoms with van der Waals surface area (Å²) in [6.45, 7) is 7.69. The lowest BCUT2D eigenvalue weighted by atomic mass is 9.98. The summed E-state index contributed by atoms with van der Waals surface area (Å²) in [5.41, 5.74) is 1.05. The molecule has 1 aromatic carbocycles. The van der Waals surface area contributed by atoms with Crippen LogP contribution >= 0.6 is 0 Å². The number of aromatic amines is 1. The number of oxime groups is 1. The van der Waals surface area contributed by atoms with Gasteiger partial charge in [-0.2, -0.15) is 4.31 Å². The van der Waals surface area contributed by atoms with Crippen LogP contribution in [0.5, 0.6) is 5.75 Å². The lowest BCUT2D eigenvalue weighted by molar-refractivity contribution is 0.0544. The predicted molar refractivity (Wildman–Crippen MR) is 154 cm³/mol. The van der Waals surface area contributed by atoms with E-state index >= 15 is 0 Å². The van der Waals surface area contributed by atoms with Gasteiger partial charge >= 0.3 is 0 Å². The largest absolute Gasteiger partial charge is 0.493 e. The highest BCUT2D eigenvalue weighted by Gasteiger charge is 2.33. The van der Waals surface area contributed by atoms with Gasteiger partial charge in [-0.25, -0.2) is 17.9 Å². The summed E-state index contributed by atoms with van der Waals surface area (Å²) >= 11 is 0. The number of unbranched alkanes of at least 4 members (excludes halogenated alkanes) is 3. The fourth-order valence-corrected chi connectivity index (χ4v) is 6.87. The Kier molecular flexibility index (Phi) is 8.93. The highest BCUT2D eigenvalue weighted by atomic mass is 32.2. The summed E-state index contributed by atoms with van der Waals surface area (Å²) in [4.78, 5) is 25.9. The Hall–Kier alpha value is -3.45. The van der Waals surface area contributed by atoms with Crippen molar-refractivity contribution < 1.29 is 22.7 Å². The van der Waals surface area contributed by atoms with E-state index in [1.807, 2.05) is 6.92 Å². The van der Waals surface area contributed by atoms with E-state index in [2.05, 4.69) is 22.0 Å². The first-order chi connectivity index (χ1) is 19.8. The molecular formula is C28H38N6O6S. The van der Waals surface area contributed by atoms with Crippen LogP contribution in [0.3, 0.4) is 0 Å². The molecule has 0 bridgehead atoms. The smallest absolute Gasteiger partial charge is 0.277 e. The zero-order chi connectivity index (χ0) is 29.0.